The SMILES string of the molecule is CNS(=O)(=O)c1ccc2c(c1)c1nn(C)cc1c(=O)n2-c1ccc(-c2ccccc2)cc1. The first kappa shape index (κ1) is 20.2. The third-order valence-electron chi connectivity index (χ3n) is 5.54. The summed E-state index contributed by atoms with van der Waals surface area (Å²) in [5.74, 6) is 0. The normalized spacial score (nSPS) is 11.9. The van der Waals surface area contributed by atoms with Gasteiger partial charge in [0.2, 0.25) is 10.0 Å². The van der Waals surface area contributed by atoms with Gasteiger partial charge in [0.15, 0.2) is 0 Å². The largest absolute Gasteiger partial charge is 0.276 e. The molecule has 2 heterocycles. The second-order valence-corrected chi connectivity index (χ2v) is 9.39. The Morgan fingerprint density at radius 2 is 1.56 bits per heavy atom. The van der Waals surface area contributed by atoms with Crippen LogP contribution in [0.25, 0.3) is 38.6 Å². The number of benzene rings is 3. The topological polar surface area (TPSA) is 86.0 Å². The number of rotatable bonds is 4. The third-order valence-corrected chi connectivity index (χ3v) is 6.95. The molecule has 0 saturated carbocycles. The average molecular weight is 445 g/mol. The number of sulfonamides is 1. The minimum atomic E-state index is -3.65. The van der Waals surface area contributed by atoms with Crippen LogP contribution in [0.15, 0.2) is 88.7 Å². The zero-order valence-corrected chi connectivity index (χ0v) is 18.3. The maximum absolute atomic E-state index is 13.4. The summed E-state index contributed by atoms with van der Waals surface area (Å²) >= 11 is 0. The number of nitrogens with one attached hydrogen (secondary N) is 1. The molecule has 32 heavy (non-hydrogen) atoms. The van der Waals surface area contributed by atoms with Crippen molar-refractivity contribution in [3.05, 3.63) is 89.3 Å². The van der Waals surface area contributed by atoms with Crippen LogP contribution in [-0.2, 0) is 17.1 Å². The van der Waals surface area contributed by atoms with E-state index in [1.54, 1.807) is 34.6 Å². The molecule has 5 rings (SSSR count). The minimum Gasteiger partial charge on any atom is -0.276 e. The summed E-state index contributed by atoms with van der Waals surface area (Å²) in [5, 5.41) is 5.44. The number of hydrogen-bond donors (Lipinski definition) is 1. The molecule has 160 valence electrons. The molecule has 0 fully saturated rings. The molecule has 0 bridgehead atoms. The van der Waals surface area contributed by atoms with Crippen LogP contribution in [0.4, 0.5) is 0 Å². The molecule has 0 aliphatic carbocycles. The van der Waals surface area contributed by atoms with Crippen LogP contribution in [-0.4, -0.2) is 29.8 Å². The molecule has 3 aromatic carbocycles. The van der Waals surface area contributed by atoms with Gasteiger partial charge in [0.25, 0.3) is 5.56 Å². The fourth-order valence-corrected chi connectivity index (χ4v) is 4.70. The van der Waals surface area contributed by atoms with Crippen molar-refractivity contribution in [1.29, 1.82) is 0 Å². The number of pyridine rings is 1. The Morgan fingerprint density at radius 3 is 2.25 bits per heavy atom. The molecule has 0 unspecified atom stereocenters. The lowest BCUT2D eigenvalue weighted by molar-refractivity contribution is 0.588. The van der Waals surface area contributed by atoms with Gasteiger partial charge in [-0.15, -0.1) is 0 Å². The van der Waals surface area contributed by atoms with Crippen molar-refractivity contribution in [2.75, 3.05) is 7.05 Å². The van der Waals surface area contributed by atoms with Gasteiger partial charge >= 0.3 is 0 Å². The summed E-state index contributed by atoms with van der Waals surface area (Å²) in [6.07, 6.45) is 1.66. The minimum absolute atomic E-state index is 0.115. The van der Waals surface area contributed by atoms with E-state index in [9.17, 15) is 13.2 Å². The van der Waals surface area contributed by atoms with E-state index in [1.165, 1.54) is 13.1 Å². The van der Waals surface area contributed by atoms with Crippen molar-refractivity contribution < 1.29 is 8.42 Å². The first-order valence-corrected chi connectivity index (χ1v) is 11.5. The number of aromatic nitrogens is 3. The predicted molar refractivity (Wildman–Crippen MR) is 125 cm³/mol. The van der Waals surface area contributed by atoms with Crippen molar-refractivity contribution in [2.24, 2.45) is 7.05 Å². The van der Waals surface area contributed by atoms with E-state index >= 15 is 0 Å². The Bertz CT molecular complexity index is 1630. The third kappa shape index (κ3) is 3.21. The lowest BCUT2D eigenvalue weighted by atomic mass is 10.1. The highest BCUT2D eigenvalue weighted by molar-refractivity contribution is 7.89. The summed E-state index contributed by atoms with van der Waals surface area (Å²) < 4.78 is 30.2. The maximum Gasteiger partial charge on any atom is 0.266 e. The molecule has 8 heteroatoms. The van der Waals surface area contributed by atoms with E-state index in [0.717, 1.165) is 11.1 Å². The predicted octanol–water partition coefficient (Wildman–Crippen LogP) is 3.45. The molecule has 0 amide bonds. The van der Waals surface area contributed by atoms with Crippen LogP contribution >= 0.6 is 0 Å². The number of fused-ring (bicyclic) bond motifs is 3. The summed E-state index contributed by atoms with van der Waals surface area (Å²) in [6.45, 7) is 0. The quantitative estimate of drug-likeness (QED) is 0.460. The lowest BCUT2D eigenvalue weighted by Gasteiger charge is -2.13. The molecule has 0 atom stereocenters. The van der Waals surface area contributed by atoms with Crippen molar-refractivity contribution in [1.82, 2.24) is 19.1 Å². The Hall–Kier alpha value is -3.75. The molecule has 0 aliphatic rings. The Labute approximate surface area is 184 Å². The Kier molecular flexibility index (Phi) is 4.69. The summed E-state index contributed by atoms with van der Waals surface area (Å²) in [7, 11) is -0.547. The first-order chi connectivity index (χ1) is 15.4. The van der Waals surface area contributed by atoms with Crippen molar-refractivity contribution in [2.45, 2.75) is 4.90 Å². The van der Waals surface area contributed by atoms with E-state index < -0.39 is 10.0 Å². The Balaban J connectivity index is 1.79. The van der Waals surface area contributed by atoms with Gasteiger partial charge in [0.1, 0.15) is 5.52 Å². The van der Waals surface area contributed by atoms with Gasteiger partial charge < -0.3 is 0 Å². The highest BCUT2D eigenvalue weighted by atomic mass is 32.2. The van der Waals surface area contributed by atoms with Gasteiger partial charge in [-0.1, -0.05) is 42.5 Å². The summed E-state index contributed by atoms with van der Waals surface area (Å²) in [5.41, 5.74) is 3.66. The van der Waals surface area contributed by atoms with Crippen LogP contribution in [0.5, 0.6) is 0 Å². The molecule has 0 radical (unpaired) electrons. The van der Waals surface area contributed by atoms with Crippen molar-refractivity contribution in [3.63, 3.8) is 0 Å². The monoisotopic (exact) mass is 444 g/mol. The van der Waals surface area contributed by atoms with Crippen LogP contribution in [0.3, 0.4) is 0 Å². The zero-order chi connectivity index (χ0) is 22.5. The van der Waals surface area contributed by atoms with Gasteiger partial charge in [-0.2, -0.15) is 5.10 Å². The second kappa shape index (κ2) is 7.44. The molecule has 0 aliphatic heterocycles. The zero-order valence-electron chi connectivity index (χ0n) is 17.5. The molecule has 2 aromatic heterocycles. The van der Waals surface area contributed by atoms with Crippen LogP contribution in [0.2, 0.25) is 0 Å². The van der Waals surface area contributed by atoms with Gasteiger partial charge in [0.05, 0.1) is 15.8 Å². The lowest BCUT2D eigenvalue weighted by Crippen LogP contribution is -2.20. The van der Waals surface area contributed by atoms with Gasteiger partial charge in [-0.25, -0.2) is 13.1 Å². The van der Waals surface area contributed by atoms with Crippen molar-refractivity contribution in [3.8, 4) is 16.8 Å². The van der Waals surface area contributed by atoms with E-state index in [1.807, 2.05) is 54.6 Å². The van der Waals surface area contributed by atoms with Gasteiger partial charge in [-0.05, 0) is 48.5 Å². The Morgan fingerprint density at radius 1 is 0.875 bits per heavy atom. The van der Waals surface area contributed by atoms with E-state index in [-0.39, 0.29) is 10.5 Å². The highest BCUT2D eigenvalue weighted by Crippen LogP contribution is 2.27. The summed E-state index contributed by atoms with van der Waals surface area (Å²) in [4.78, 5) is 13.5. The standard InChI is InChI=1S/C24H20N4O3S/c1-25-32(30,31)19-12-13-22-20(14-19)23-21(15-27(2)26-23)24(29)28(22)18-10-8-17(9-11-18)16-6-4-3-5-7-16/h3-15,25H,1-2H3. The number of nitrogens with zero attached hydrogens (tertiary/aromatic N) is 3. The van der Waals surface area contributed by atoms with E-state index in [2.05, 4.69) is 9.82 Å². The van der Waals surface area contributed by atoms with E-state index in [0.29, 0.717) is 27.5 Å². The molecular weight excluding hydrogens is 424 g/mol. The smallest absolute Gasteiger partial charge is 0.266 e. The number of hydrogen-bond acceptors (Lipinski definition) is 4. The van der Waals surface area contributed by atoms with Crippen LogP contribution < -0.4 is 10.3 Å². The highest BCUT2D eigenvalue weighted by Gasteiger charge is 2.19. The fourth-order valence-electron chi connectivity index (χ4n) is 3.95. The average Bonchev–Trinajstić information content (AvgIpc) is 3.22. The van der Waals surface area contributed by atoms with Crippen LogP contribution in [0, 0.1) is 0 Å². The molecule has 7 nitrogen and oxygen atoms in total. The number of aryl methyl sites for hydroxylation is 1. The molecular formula is C24H20N4O3S. The van der Waals surface area contributed by atoms with Gasteiger partial charge in [-0.3, -0.25) is 14.0 Å². The molecule has 0 saturated heterocycles. The maximum atomic E-state index is 13.4. The van der Waals surface area contributed by atoms with Gasteiger partial charge in [0, 0.05) is 24.3 Å². The van der Waals surface area contributed by atoms with E-state index in [4.69, 9.17) is 0 Å². The second-order valence-electron chi connectivity index (χ2n) is 7.51. The molecule has 1 N–H and O–H groups in total. The van der Waals surface area contributed by atoms with Crippen molar-refractivity contribution >= 4 is 31.8 Å². The molecule has 5 aromatic rings. The summed E-state index contributed by atoms with van der Waals surface area (Å²) in [6, 6.07) is 22.4. The fraction of sp³-hybridized carbons (Fsp3) is 0.0833. The molecule has 0 spiro atoms. The first-order valence-electron chi connectivity index (χ1n) is 10.0. The van der Waals surface area contributed by atoms with Crippen LogP contribution in [0.1, 0.15) is 0 Å².